The number of hydrogen-bond donors (Lipinski definition) is 0. The van der Waals surface area contributed by atoms with Crippen molar-refractivity contribution in [3.63, 3.8) is 0 Å². The SMILES string of the molecule is CP(C)(=O)c1coc2ccccc12. The van der Waals surface area contributed by atoms with Gasteiger partial charge in [-0.25, -0.2) is 0 Å². The fraction of sp³-hybridized carbons (Fsp3) is 0.200. The highest BCUT2D eigenvalue weighted by Crippen LogP contribution is 2.38. The first-order valence-electron chi connectivity index (χ1n) is 4.11. The van der Waals surface area contributed by atoms with Crippen LogP contribution in [0.4, 0.5) is 0 Å². The molecular formula is C10H11O2P. The summed E-state index contributed by atoms with van der Waals surface area (Å²) >= 11 is 0. The summed E-state index contributed by atoms with van der Waals surface area (Å²) in [6.07, 6.45) is 1.60. The lowest BCUT2D eigenvalue weighted by atomic mass is 10.3. The number of para-hydroxylation sites is 1. The molecule has 0 aliphatic rings. The summed E-state index contributed by atoms with van der Waals surface area (Å²) in [6.45, 7) is 3.51. The van der Waals surface area contributed by atoms with Gasteiger partial charge in [-0.2, -0.15) is 0 Å². The van der Waals surface area contributed by atoms with Crippen molar-refractivity contribution in [2.45, 2.75) is 0 Å². The number of hydrogen-bond acceptors (Lipinski definition) is 2. The van der Waals surface area contributed by atoms with Gasteiger partial charge in [0.2, 0.25) is 0 Å². The predicted molar refractivity (Wildman–Crippen MR) is 55.3 cm³/mol. The average molecular weight is 194 g/mol. The van der Waals surface area contributed by atoms with Crippen molar-refractivity contribution >= 4 is 23.4 Å². The first-order chi connectivity index (χ1) is 6.09. The van der Waals surface area contributed by atoms with Crippen LogP contribution in [0.1, 0.15) is 0 Å². The van der Waals surface area contributed by atoms with E-state index in [2.05, 4.69) is 0 Å². The Bertz CT molecular complexity index is 478. The summed E-state index contributed by atoms with van der Waals surface area (Å²) in [7, 11) is -2.21. The Labute approximate surface area is 76.9 Å². The fourth-order valence-electron chi connectivity index (χ4n) is 1.38. The Hall–Kier alpha value is -1.01. The quantitative estimate of drug-likeness (QED) is 0.653. The van der Waals surface area contributed by atoms with E-state index in [9.17, 15) is 4.57 Å². The second kappa shape index (κ2) is 2.74. The summed E-state index contributed by atoms with van der Waals surface area (Å²) in [5.74, 6) is 0. The normalized spacial score (nSPS) is 12.2. The Morgan fingerprint density at radius 1 is 1.23 bits per heavy atom. The third kappa shape index (κ3) is 1.42. The van der Waals surface area contributed by atoms with Gasteiger partial charge < -0.3 is 8.98 Å². The molecule has 2 aromatic rings. The monoisotopic (exact) mass is 194 g/mol. The highest BCUT2D eigenvalue weighted by molar-refractivity contribution is 7.70. The minimum absolute atomic E-state index is 0.807. The van der Waals surface area contributed by atoms with E-state index < -0.39 is 7.14 Å². The molecule has 0 aliphatic carbocycles. The zero-order valence-electron chi connectivity index (χ0n) is 7.65. The molecule has 0 saturated heterocycles. The average Bonchev–Trinajstić information content (AvgIpc) is 2.45. The van der Waals surface area contributed by atoms with Gasteiger partial charge in [0.05, 0.1) is 5.30 Å². The van der Waals surface area contributed by atoms with Crippen molar-refractivity contribution in [2.75, 3.05) is 13.3 Å². The molecule has 2 rings (SSSR count). The summed E-state index contributed by atoms with van der Waals surface area (Å²) in [4.78, 5) is 0. The highest BCUT2D eigenvalue weighted by Gasteiger charge is 2.16. The van der Waals surface area contributed by atoms with Gasteiger partial charge in [-0.3, -0.25) is 0 Å². The van der Waals surface area contributed by atoms with Gasteiger partial charge in [0.25, 0.3) is 0 Å². The second-order valence-corrected chi connectivity index (χ2v) is 6.65. The molecule has 13 heavy (non-hydrogen) atoms. The molecule has 0 spiro atoms. The largest absolute Gasteiger partial charge is 0.464 e. The number of furan rings is 1. The van der Waals surface area contributed by atoms with Gasteiger partial charge in [0.15, 0.2) is 0 Å². The molecule has 0 saturated carbocycles. The topological polar surface area (TPSA) is 30.2 Å². The molecule has 1 aromatic heterocycles. The maximum absolute atomic E-state index is 11.8. The molecule has 1 heterocycles. The van der Waals surface area contributed by atoms with E-state index in [1.807, 2.05) is 24.3 Å². The Morgan fingerprint density at radius 2 is 1.92 bits per heavy atom. The maximum atomic E-state index is 11.8. The van der Waals surface area contributed by atoms with Crippen molar-refractivity contribution in [3.8, 4) is 0 Å². The van der Waals surface area contributed by atoms with Crippen LogP contribution in [-0.4, -0.2) is 13.3 Å². The second-order valence-electron chi connectivity index (χ2n) is 3.47. The molecule has 0 unspecified atom stereocenters. The van der Waals surface area contributed by atoms with Crippen LogP contribution in [-0.2, 0) is 4.57 Å². The van der Waals surface area contributed by atoms with E-state index in [0.29, 0.717) is 0 Å². The first kappa shape index (κ1) is 8.58. The van der Waals surface area contributed by atoms with Crippen LogP contribution in [0, 0.1) is 0 Å². The van der Waals surface area contributed by atoms with Gasteiger partial charge in [-0.05, 0) is 19.4 Å². The van der Waals surface area contributed by atoms with Crippen molar-refractivity contribution in [3.05, 3.63) is 30.5 Å². The third-order valence-electron chi connectivity index (χ3n) is 2.04. The molecule has 0 aliphatic heterocycles. The number of benzene rings is 1. The third-order valence-corrected chi connectivity index (χ3v) is 3.55. The van der Waals surface area contributed by atoms with Crippen LogP contribution >= 0.6 is 7.14 Å². The lowest BCUT2D eigenvalue weighted by Crippen LogP contribution is -1.99. The zero-order chi connectivity index (χ0) is 9.47. The van der Waals surface area contributed by atoms with E-state index in [4.69, 9.17) is 4.42 Å². The molecule has 0 N–H and O–H groups in total. The first-order valence-corrected chi connectivity index (χ1v) is 6.71. The summed E-state index contributed by atoms with van der Waals surface area (Å²) in [5.41, 5.74) is 0.807. The van der Waals surface area contributed by atoms with Crippen molar-refractivity contribution in [1.29, 1.82) is 0 Å². The minimum atomic E-state index is -2.21. The zero-order valence-corrected chi connectivity index (χ0v) is 8.54. The van der Waals surface area contributed by atoms with E-state index in [0.717, 1.165) is 16.3 Å². The fourth-order valence-corrected chi connectivity index (χ4v) is 2.45. The van der Waals surface area contributed by atoms with Crippen LogP contribution in [0.2, 0.25) is 0 Å². The molecule has 68 valence electrons. The standard InChI is InChI=1S/C10H11O2P/c1-13(2,11)10-7-12-9-6-4-3-5-8(9)10/h3-7H,1-2H3. The van der Waals surface area contributed by atoms with Crippen LogP contribution in [0.25, 0.3) is 11.0 Å². The molecule has 0 amide bonds. The maximum Gasteiger partial charge on any atom is 0.134 e. The lowest BCUT2D eigenvalue weighted by molar-refractivity contribution is 0.587. The van der Waals surface area contributed by atoms with E-state index >= 15 is 0 Å². The van der Waals surface area contributed by atoms with Crippen molar-refractivity contribution in [1.82, 2.24) is 0 Å². The molecule has 1 aromatic carbocycles. The number of fused-ring (bicyclic) bond motifs is 1. The minimum Gasteiger partial charge on any atom is -0.464 e. The molecule has 0 fully saturated rings. The molecule has 2 nitrogen and oxygen atoms in total. The van der Waals surface area contributed by atoms with Crippen molar-refractivity contribution in [2.24, 2.45) is 0 Å². The molecular weight excluding hydrogens is 183 g/mol. The molecule has 0 bridgehead atoms. The summed E-state index contributed by atoms with van der Waals surface area (Å²) in [6, 6.07) is 7.66. The van der Waals surface area contributed by atoms with Crippen molar-refractivity contribution < 1.29 is 8.98 Å². The van der Waals surface area contributed by atoms with Crippen LogP contribution in [0.15, 0.2) is 34.9 Å². The molecule has 0 atom stereocenters. The Morgan fingerprint density at radius 3 is 2.62 bits per heavy atom. The van der Waals surface area contributed by atoms with E-state index in [1.54, 1.807) is 19.6 Å². The van der Waals surface area contributed by atoms with Crippen LogP contribution in [0.3, 0.4) is 0 Å². The summed E-state index contributed by atoms with van der Waals surface area (Å²) in [5, 5.41) is 1.80. The van der Waals surface area contributed by atoms with Gasteiger partial charge >= 0.3 is 0 Å². The van der Waals surface area contributed by atoms with Gasteiger partial charge in [0.1, 0.15) is 19.0 Å². The predicted octanol–water partition coefficient (Wildman–Crippen LogP) is 2.68. The van der Waals surface area contributed by atoms with E-state index in [1.165, 1.54) is 0 Å². The molecule has 3 heteroatoms. The Balaban J connectivity index is 2.79. The lowest BCUT2D eigenvalue weighted by Gasteiger charge is -2.01. The highest BCUT2D eigenvalue weighted by atomic mass is 31.2. The molecule has 0 radical (unpaired) electrons. The Kier molecular flexibility index (Phi) is 1.81. The van der Waals surface area contributed by atoms with Crippen LogP contribution < -0.4 is 5.30 Å². The van der Waals surface area contributed by atoms with Gasteiger partial charge in [-0.1, -0.05) is 18.2 Å². The van der Waals surface area contributed by atoms with Gasteiger partial charge in [0, 0.05) is 5.39 Å². The van der Waals surface area contributed by atoms with E-state index in [-0.39, 0.29) is 0 Å². The van der Waals surface area contributed by atoms with Gasteiger partial charge in [-0.15, -0.1) is 0 Å². The smallest absolute Gasteiger partial charge is 0.134 e. The summed E-state index contributed by atoms with van der Waals surface area (Å²) < 4.78 is 17.1. The number of rotatable bonds is 1. The van der Waals surface area contributed by atoms with Crippen LogP contribution in [0.5, 0.6) is 0 Å².